The topological polar surface area (TPSA) is 126 Å². The largest absolute Gasteiger partial charge is 0.504 e. The van der Waals surface area contributed by atoms with Gasteiger partial charge in [-0.05, 0) is 43.4 Å². The monoisotopic (exact) mass is 402 g/mol. The van der Waals surface area contributed by atoms with Crippen LogP contribution in [0.4, 0.5) is 17.1 Å². The van der Waals surface area contributed by atoms with Crippen LogP contribution >= 0.6 is 12.2 Å². The molecular weight excluding hydrogens is 384 g/mol. The molecule has 0 aliphatic heterocycles. The Hall–Kier alpha value is -3.53. The Morgan fingerprint density at radius 2 is 2.04 bits per heavy atom. The van der Waals surface area contributed by atoms with E-state index in [4.69, 9.17) is 17.0 Å². The van der Waals surface area contributed by atoms with E-state index in [-0.39, 0.29) is 40.4 Å². The lowest BCUT2D eigenvalue weighted by Gasteiger charge is -2.08. The summed E-state index contributed by atoms with van der Waals surface area (Å²) >= 11 is 4.97. The van der Waals surface area contributed by atoms with Crippen molar-refractivity contribution in [3.63, 3.8) is 0 Å². The SMILES string of the molecule is CCOc1cc([N+](=O)[O-])cc(C=Nc2ccc(NC(=S)NC(C)=O)cc2)c1O. The fourth-order valence-corrected chi connectivity index (χ4v) is 2.44. The molecule has 10 heteroatoms. The number of anilines is 1. The van der Waals surface area contributed by atoms with E-state index in [0.717, 1.165) is 6.07 Å². The van der Waals surface area contributed by atoms with Gasteiger partial charge in [-0.25, -0.2) is 0 Å². The molecule has 9 nitrogen and oxygen atoms in total. The fraction of sp³-hybridized carbons (Fsp3) is 0.167. The number of rotatable bonds is 6. The maximum atomic E-state index is 11.1. The molecule has 0 aliphatic carbocycles. The average Bonchev–Trinajstić information content (AvgIpc) is 2.62. The first kappa shape index (κ1) is 20.8. The Kier molecular flexibility index (Phi) is 6.99. The van der Waals surface area contributed by atoms with Crippen molar-refractivity contribution in [3.8, 4) is 11.5 Å². The molecule has 3 N–H and O–H groups in total. The van der Waals surface area contributed by atoms with Crippen molar-refractivity contribution in [2.75, 3.05) is 11.9 Å². The summed E-state index contributed by atoms with van der Waals surface area (Å²) in [5, 5.41) is 26.8. The summed E-state index contributed by atoms with van der Waals surface area (Å²) in [7, 11) is 0. The second kappa shape index (κ2) is 9.42. The maximum absolute atomic E-state index is 11.1. The number of non-ortho nitro benzene ring substituents is 1. The molecule has 0 aromatic heterocycles. The van der Waals surface area contributed by atoms with Crippen LogP contribution in [0, 0.1) is 10.1 Å². The van der Waals surface area contributed by atoms with Crippen molar-refractivity contribution < 1.29 is 19.6 Å². The molecule has 0 saturated carbocycles. The van der Waals surface area contributed by atoms with E-state index in [9.17, 15) is 20.0 Å². The summed E-state index contributed by atoms with van der Waals surface area (Å²) < 4.78 is 5.23. The van der Waals surface area contributed by atoms with Crippen LogP contribution in [0.5, 0.6) is 11.5 Å². The lowest BCUT2D eigenvalue weighted by molar-refractivity contribution is -0.385. The van der Waals surface area contributed by atoms with Gasteiger partial charge in [0, 0.05) is 30.5 Å². The van der Waals surface area contributed by atoms with Crippen LogP contribution in [0.1, 0.15) is 19.4 Å². The van der Waals surface area contributed by atoms with E-state index in [1.807, 2.05) is 0 Å². The average molecular weight is 402 g/mol. The molecule has 2 aromatic rings. The molecule has 0 unspecified atom stereocenters. The molecule has 0 radical (unpaired) electrons. The van der Waals surface area contributed by atoms with Crippen molar-refractivity contribution in [2.24, 2.45) is 4.99 Å². The Balaban J connectivity index is 2.20. The molecule has 0 aliphatic rings. The van der Waals surface area contributed by atoms with Crippen LogP contribution in [0.3, 0.4) is 0 Å². The number of nitro groups is 1. The second-order valence-corrected chi connectivity index (χ2v) is 5.92. The van der Waals surface area contributed by atoms with Gasteiger partial charge in [0.05, 0.1) is 23.3 Å². The fourth-order valence-electron chi connectivity index (χ4n) is 2.18. The third kappa shape index (κ3) is 5.74. The summed E-state index contributed by atoms with van der Waals surface area (Å²) in [6.45, 7) is 3.31. The van der Waals surface area contributed by atoms with Crippen LogP contribution < -0.4 is 15.4 Å². The van der Waals surface area contributed by atoms with Gasteiger partial charge in [0.15, 0.2) is 16.6 Å². The number of thiocarbonyl (C=S) groups is 1. The number of phenolic OH excluding ortho intramolecular Hbond substituents is 1. The number of nitrogens with zero attached hydrogens (tertiary/aromatic N) is 2. The number of carbonyl (C=O) groups is 1. The highest BCUT2D eigenvalue weighted by molar-refractivity contribution is 7.80. The second-order valence-electron chi connectivity index (χ2n) is 5.51. The van der Waals surface area contributed by atoms with Crippen LogP contribution in [0.25, 0.3) is 0 Å². The van der Waals surface area contributed by atoms with Gasteiger partial charge in [0.1, 0.15) is 0 Å². The standard InChI is InChI=1S/C18H18N4O5S/c1-3-27-16-9-15(22(25)26)8-12(17(16)24)10-19-13-4-6-14(7-5-13)21-18(28)20-11(2)23/h4-10,24H,3H2,1-2H3,(H2,20,21,23,28). The van der Waals surface area contributed by atoms with Gasteiger partial charge in [-0.2, -0.15) is 0 Å². The quantitative estimate of drug-likeness (QED) is 0.293. The molecule has 146 valence electrons. The molecule has 0 atom stereocenters. The number of hydrogen-bond donors (Lipinski definition) is 3. The highest BCUT2D eigenvalue weighted by atomic mass is 32.1. The molecule has 0 spiro atoms. The molecule has 2 rings (SSSR count). The zero-order chi connectivity index (χ0) is 20.7. The van der Waals surface area contributed by atoms with E-state index in [1.54, 1.807) is 31.2 Å². The summed E-state index contributed by atoms with van der Waals surface area (Å²) in [5.41, 5.74) is 1.13. The Morgan fingerprint density at radius 1 is 1.36 bits per heavy atom. The van der Waals surface area contributed by atoms with Crippen molar-refractivity contribution in [2.45, 2.75) is 13.8 Å². The number of nitrogens with one attached hydrogen (secondary N) is 2. The summed E-state index contributed by atoms with van der Waals surface area (Å²) in [6, 6.07) is 9.11. The summed E-state index contributed by atoms with van der Waals surface area (Å²) in [4.78, 5) is 25.7. The smallest absolute Gasteiger partial charge is 0.274 e. The Morgan fingerprint density at radius 3 is 2.61 bits per heavy atom. The van der Waals surface area contributed by atoms with E-state index in [0.29, 0.717) is 11.4 Å². The number of ether oxygens (including phenoxy) is 1. The van der Waals surface area contributed by atoms with Crippen molar-refractivity contribution in [1.29, 1.82) is 0 Å². The first-order valence-corrected chi connectivity index (χ1v) is 8.58. The molecule has 0 heterocycles. The highest BCUT2D eigenvalue weighted by Gasteiger charge is 2.16. The number of nitro benzene ring substituents is 1. The number of aromatic hydroxyl groups is 1. The Labute approximate surface area is 166 Å². The van der Waals surface area contributed by atoms with Crippen LogP contribution in [-0.2, 0) is 4.79 Å². The number of amides is 1. The number of phenols is 1. The molecular formula is C18H18N4O5S. The molecule has 2 aromatic carbocycles. The third-order valence-electron chi connectivity index (χ3n) is 3.37. The van der Waals surface area contributed by atoms with Crippen LogP contribution in [0.15, 0.2) is 41.4 Å². The van der Waals surface area contributed by atoms with E-state index in [1.165, 1.54) is 19.2 Å². The number of aliphatic imine (C=N–C) groups is 1. The zero-order valence-electron chi connectivity index (χ0n) is 15.1. The van der Waals surface area contributed by atoms with E-state index >= 15 is 0 Å². The van der Waals surface area contributed by atoms with Crippen molar-refractivity contribution in [1.82, 2.24) is 5.32 Å². The summed E-state index contributed by atoms with van der Waals surface area (Å²) in [6.07, 6.45) is 1.31. The first-order valence-electron chi connectivity index (χ1n) is 8.17. The first-order chi connectivity index (χ1) is 13.3. The van der Waals surface area contributed by atoms with Crippen LogP contribution in [-0.4, -0.2) is 33.9 Å². The minimum atomic E-state index is -0.572. The van der Waals surface area contributed by atoms with Gasteiger partial charge in [-0.1, -0.05) is 0 Å². The minimum Gasteiger partial charge on any atom is -0.504 e. The lowest BCUT2D eigenvalue weighted by Crippen LogP contribution is -2.32. The van der Waals surface area contributed by atoms with Crippen LogP contribution in [0.2, 0.25) is 0 Å². The Bertz CT molecular complexity index is 928. The molecule has 28 heavy (non-hydrogen) atoms. The zero-order valence-corrected chi connectivity index (χ0v) is 15.9. The van der Waals surface area contributed by atoms with Gasteiger partial charge in [0.25, 0.3) is 5.69 Å². The molecule has 0 bridgehead atoms. The van der Waals surface area contributed by atoms with Gasteiger partial charge in [0.2, 0.25) is 5.91 Å². The van der Waals surface area contributed by atoms with E-state index < -0.39 is 4.92 Å². The van der Waals surface area contributed by atoms with E-state index in [2.05, 4.69) is 15.6 Å². The van der Waals surface area contributed by atoms with Gasteiger partial charge in [-0.15, -0.1) is 0 Å². The number of benzene rings is 2. The van der Waals surface area contributed by atoms with Crippen molar-refractivity contribution in [3.05, 3.63) is 52.1 Å². The van der Waals surface area contributed by atoms with Crippen molar-refractivity contribution >= 4 is 46.5 Å². The number of carbonyl (C=O) groups excluding carboxylic acids is 1. The summed E-state index contributed by atoms with van der Waals surface area (Å²) in [5.74, 6) is -0.485. The van der Waals surface area contributed by atoms with Gasteiger partial charge < -0.3 is 20.5 Å². The lowest BCUT2D eigenvalue weighted by atomic mass is 10.1. The predicted octanol–water partition coefficient (Wildman–Crippen LogP) is 3.28. The number of hydrogen-bond acceptors (Lipinski definition) is 7. The van der Waals surface area contributed by atoms with Gasteiger partial charge >= 0.3 is 0 Å². The minimum absolute atomic E-state index is 0.0178. The molecule has 0 saturated heterocycles. The third-order valence-corrected chi connectivity index (χ3v) is 3.57. The maximum Gasteiger partial charge on any atom is 0.274 e. The molecule has 1 amide bonds. The highest BCUT2D eigenvalue weighted by Crippen LogP contribution is 2.34. The van der Waals surface area contributed by atoms with Gasteiger partial charge in [-0.3, -0.25) is 19.9 Å². The predicted molar refractivity (Wildman–Crippen MR) is 110 cm³/mol. The normalized spacial score (nSPS) is 10.5. The molecule has 0 fully saturated rings.